The predicted octanol–water partition coefficient (Wildman–Crippen LogP) is 0.235. The molecule has 2 amide bonds. The number of hydrogen-bond donors (Lipinski definition) is 2. The van der Waals surface area contributed by atoms with E-state index >= 15 is 0 Å². The lowest BCUT2D eigenvalue weighted by Gasteiger charge is -2.22. The van der Waals surface area contributed by atoms with Crippen LogP contribution in [-0.4, -0.2) is 29.3 Å². The summed E-state index contributed by atoms with van der Waals surface area (Å²) in [7, 11) is 0. The summed E-state index contributed by atoms with van der Waals surface area (Å²) >= 11 is 0. The van der Waals surface area contributed by atoms with E-state index in [2.05, 4.69) is 0 Å². The zero-order chi connectivity index (χ0) is 13.1. The maximum absolute atomic E-state index is 12.3. The number of nitrogens with two attached hydrogens (primary N) is 2. The maximum atomic E-state index is 12.3. The Kier molecular flexibility index (Phi) is 3.62. The van der Waals surface area contributed by atoms with Gasteiger partial charge in [-0.2, -0.15) is 0 Å². The van der Waals surface area contributed by atoms with Crippen molar-refractivity contribution in [3.8, 4) is 0 Å². The minimum absolute atomic E-state index is 0.147. The largest absolute Gasteiger partial charge is 0.368 e. The Morgan fingerprint density at radius 1 is 1.39 bits per heavy atom. The van der Waals surface area contributed by atoms with Gasteiger partial charge < -0.3 is 16.4 Å². The highest BCUT2D eigenvalue weighted by molar-refractivity contribution is 5.97. The lowest BCUT2D eigenvalue weighted by atomic mass is 10.1. The average Bonchev–Trinajstić information content (AvgIpc) is 2.87. The Balaban J connectivity index is 2.22. The van der Waals surface area contributed by atoms with E-state index in [1.807, 2.05) is 6.07 Å². The number of carbonyl (C=O) groups excluding carboxylic acids is 2. The first-order valence-corrected chi connectivity index (χ1v) is 6.03. The van der Waals surface area contributed by atoms with Crippen LogP contribution < -0.4 is 11.5 Å². The molecule has 2 rings (SSSR count). The van der Waals surface area contributed by atoms with E-state index in [0.717, 1.165) is 12.0 Å². The summed E-state index contributed by atoms with van der Waals surface area (Å²) < 4.78 is 0. The monoisotopic (exact) mass is 247 g/mol. The van der Waals surface area contributed by atoms with Gasteiger partial charge in [0.1, 0.15) is 6.04 Å². The molecular formula is C13H17N3O2. The van der Waals surface area contributed by atoms with Crippen molar-refractivity contribution in [2.75, 3.05) is 6.54 Å². The van der Waals surface area contributed by atoms with Crippen molar-refractivity contribution >= 4 is 11.8 Å². The zero-order valence-electron chi connectivity index (χ0n) is 10.1. The first-order chi connectivity index (χ1) is 8.63. The van der Waals surface area contributed by atoms with Crippen LogP contribution in [0.15, 0.2) is 24.3 Å². The van der Waals surface area contributed by atoms with Crippen molar-refractivity contribution in [2.45, 2.75) is 25.4 Å². The molecule has 4 N–H and O–H groups in total. The van der Waals surface area contributed by atoms with E-state index in [1.54, 1.807) is 23.1 Å². The third-order valence-electron chi connectivity index (χ3n) is 3.25. The van der Waals surface area contributed by atoms with Crippen molar-refractivity contribution in [2.24, 2.45) is 11.5 Å². The summed E-state index contributed by atoms with van der Waals surface area (Å²) in [5.74, 6) is -0.581. The second-order valence-electron chi connectivity index (χ2n) is 4.46. The van der Waals surface area contributed by atoms with Gasteiger partial charge in [-0.05, 0) is 30.5 Å². The number of rotatable bonds is 3. The molecule has 0 spiro atoms. The zero-order valence-corrected chi connectivity index (χ0v) is 10.1. The Morgan fingerprint density at radius 3 is 2.83 bits per heavy atom. The third-order valence-corrected chi connectivity index (χ3v) is 3.25. The Bertz CT molecular complexity index is 473. The molecule has 0 radical (unpaired) electrons. The molecule has 1 heterocycles. The van der Waals surface area contributed by atoms with Gasteiger partial charge in [-0.15, -0.1) is 0 Å². The van der Waals surface area contributed by atoms with E-state index < -0.39 is 11.9 Å². The average molecular weight is 247 g/mol. The highest BCUT2D eigenvalue weighted by atomic mass is 16.2. The van der Waals surface area contributed by atoms with Crippen molar-refractivity contribution in [1.29, 1.82) is 0 Å². The molecule has 18 heavy (non-hydrogen) atoms. The van der Waals surface area contributed by atoms with E-state index in [0.29, 0.717) is 25.1 Å². The van der Waals surface area contributed by atoms with Gasteiger partial charge in [0, 0.05) is 18.7 Å². The molecule has 1 aliphatic rings. The summed E-state index contributed by atoms with van der Waals surface area (Å²) in [5.41, 5.74) is 12.3. The van der Waals surface area contributed by atoms with Crippen LogP contribution in [0.5, 0.6) is 0 Å². The number of amides is 2. The van der Waals surface area contributed by atoms with Crippen LogP contribution >= 0.6 is 0 Å². The van der Waals surface area contributed by atoms with Crippen LogP contribution in [0.4, 0.5) is 0 Å². The molecule has 1 fully saturated rings. The summed E-state index contributed by atoms with van der Waals surface area (Å²) in [6.45, 7) is 0.972. The Morgan fingerprint density at radius 2 is 2.17 bits per heavy atom. The normalized spacial score (nSPS) is 18.9. The highest BCUT2D eigenvalue weighted by Crippen LogP contribution is 2.20. The molecule has 0 aliphatic carbocycles. The first-order valence-electron chi connectivity index (χ1n) is 6.03. The molecule has 1 aliphatic heterocycles. The van der Waals surface area contributed by atoms with E-state index in [1.165, 1.54) is 0 Å². The van der Waals surface area contributed by atoms with Gasteiger partial charge in [0.2, 0.25) is 5.91 Å². The number of benzene rings is 1. The first kappa shape index (κ1) is 12.6. The van der Waals surface area contributed by atoms with Crippen molar-refractivity contribution < 1.29 is 9.59 Å². The molecule has 1 unspecified atom stereocenters. The quantitative estimate of drug-likeness (QED) is 0.801. The molecule has 5 nitrogen and oxygen atoms in total. The number of primary amides is 1. The van der Waals surface area contributed by atoms with Crippen LogP contribution in [0, 0.1) is 0 Å². The van der Waals surface area contributed by atoms with Gasteiger partial charge in [0.05, 0.1) is 0 Å². The van der Waals surface area contributed by atoms with Crippen LogP contribution in [0.3, 0.4) is 0 Å². The smallest absolute Gasteiger partial charge is 0.254 e. The molecule has 1 saturated heterocycles. The lowest BCUT2D eigenvalue weighted by Crippen LogP contribution is -2.43. The Labute approximate surface area is 106 Å². The molecule has 0 aromatic heterocycles. The summed E-state index contributed by atoms with van der Waals surface area (Å²) in [5, 5.41) is 0. The molecule has 1 aromatic rings. The second-order valence-corrected chi connectivity index (χ2v) is 4.46. The summed E-state index contributed by atoms with van der Waals surface area (Å²) in [4.78, 5) is 25.1. The van der Waals surface area contributed by atoms with Gasteiger partial charge in [0.25, 0.3) is 5.91 Å². The van der Waals surface area contributed by atoms with Gasteiger partial charge in [0.15, 0.2) is 0 Å². The topological polar surface area (TPSA) is 89.4 Å². The molecule has 0 bridgehead atoms. The number of likely N-dealkylation sites (tertiary alicyclic amines) is 1. The molecule has 5 heteroatoms. The fourth-order valence-corrected chi connectivity index (χ4v) is 2.30. The van der Waals surface area contributed by atoms with Crippen LogP contribution in [0.25, 0.3) is 0 Å². The standard InChI is InChI=1S/C13H17N3O2/c14-8-9-3-1-4-10(7-9)13(18)16-6-2-5-11(16)12(15)17/h1,3-4,7,11H,2,5-6,8,14H2,(H2,15,17). The SMILES string of the molecule is NCc1cccc(C(=O)N2CCCC2C(N)=O)c1. The highest BCUT2D eigenvalue weighted by Gasteiger charge is 2.33. The predicted molar refractivity (Wildman–Crippen MR) is 67.6 cm³/mol. The minimum atomic E-state index is -0.473. The number of carbonyl (C=O) groups is 2. The van der Waals surface area contributed by atoms with Gasteiger partial charge in [-0.3, -0.25) is 9.59 Å². The summed E-state index contributed by atoms with van der Waals surface area (Å²) in [6, 6.07) is 6.69. The van der Waals surface area contributed by atoms with Crippen LogP contribution in [0.2, 0.25) is 0 Å². The maximum Gasteiger partial charge on any atom is 0.254 e. The van der Waals surface area contributed by atoms with E-state index in [-0.39, 0.29) is 5.91 Å². The van der Waals surface area contributed by atoms with Crippen LogP contribution in [0.1, 0.15) is 28.8 Å². The van der Waals surface area contributed by atoms with Crippen LogP contribution in [-0.2, 0) is 11.3 Å². The van der Waals surface area contributed by atoms with E-state index in [9.17, 15) is 9.59 Å². The van der Waals surface area contributed by atoms with Crippen molar-refractivity contribution in [3.05, 3.63) is 35.4 Å². The molecular weight excluding hydrogens is 230 g/mol. The molecule has 1 atom stereocenters. The fourth-order valence-electron chi connectivity index (χ4n) is 2.30. The molecule has 1 aromatic carbocycles. The van der Waals surface area contributed by atoms with Crippen molar-refractivity contribution in [1.82, 2.24) is 4.90 Å². The molecule has 0 saturated carbocycles. The third kappa shape index (κ3) is 2.36. The summed E-state index contributed by atoms with van der Waals surface area (Å²) in [6.07, 6.45) is 1.47. The van der Waals surface area contributed by atoms with Gasteiger partial charge in [-0.1, -0.05) is 12.1 Å². The van der Waals surface area contributed by atoms with E-state index in [4.69, 9.17) is 11.5 Å². The minimum Gasteiger partial charge on any atom is -0.368 e. The number of hydrogen-bond acceptors (Lipinski definition) is 3. The number of nitrogens with zero attached hydrogens (tertiary/aromatic N) is 1. The van der Waals surface area contributed by atoms with Gasteiger partial charge >= 0.3 is 0 Å². The second kappa shape index (κ2) is 5.18. The Hall–Kier alpha value is -1.88. The molecule has 96 valence electrons. The fraction of sp³-hybridized carbons (Fsp3) is 0.385. The van der Waals surface area contributed by atoms with Crippen molar-refractivity contribution in [3.63, 3.8) is 0 Å². The lowest BCUT2D eigenvalue weighted by molar-refractivity contribution is -0.121. The van der Waals surface area contributed by atoms with Gasteiger partial charge in [-0.25, -0.2) is 0 Å².